The highest BCUT2D eigenvalue weighted by molar-refractivity contribution is 7.12. The first-order chi connectivity index (χ1) is 10.6. The van der Waals surface area contributed by atoms with Crippen molar-refractivity contribution in [3.63, 3.8) is 0 Å². The molecule has 8 heteroatoms. The standard InChI is InChI=1S/C14H10ClN3O3S/c1-8-3-2-4-18-10(19)5-9(17-13(8)18)6-21-14(20)11-12(15)16-7-22-11/h2-5,7H,6H2,1H3. The number of hydrogen-bond donors (Lipinski definition) is 0. The topological polar surface area (TPSA) is 73.6 Å². The van der Waals surface area contributed by atoms with Crippen LogP contribution in [0.1, 0.15) is 20.9 Å². The molecular weight excluding hydrogens is 326 g/mol. The highest BCUT2D eigenvalue weighted by Crippen LogP contribution is 2.19. The summed E-state index contributed by atoms with van der Waals surface area (Å²) in [5.41, 5.74) is 3.02. The van der Waals surface area contributed by atoms with Gasteiger partial charge in [-0.2, -0.15) is 0 Å². The molecule has 3 rings (SSSR count). The van der Waals surface area contributed by atoms with Gasteiger partial charge < -0.3 is 4.74 Å². The van der Waals surface area contributed by atoms with E-state index in [-0.39, 0.29) is 22.2 Å². The Morgan fingerprint density at radius 2 is 2.32 bits per heavy atom. The molecule has 0 aromatic carbocycles. The van der Waals surface area contributed by atoms with E-state index >= 15 is 0 Å². The van der Waals surface area contributed by atoms with Crippen LogP contribution in [-0.2, 0) is 11.3 Å². The smallest absolute Gasteiger partial charge is 0.351 e. The lowest BCUT2D eigenvalue weighted by molar-refractivity contribution is 0.0473. The molecule has 0 unspecified atom stereocenters. The Morgan fingerprint density at radius 3 is 3.05 bits per heavy atom. The predicted octanol–water partition coefficient (Wildman–Crippen LogP) is 2.47. The Morgan fingerprint density at radius 1 is 1.50 bits per heavy atom. The zero-order valence-corrected chi connectivity index (χ0v) is 13.0. The second-order valence-corrected chi connectivity index (χ2v) is 5.73. The normalized spacial score (nSPS) is 10.8. The average molecular weight is 336 g/mol. The lowest BCUT2D eigenvalue weighted by atomic mass is 10.3. The maximum atomic E-state index is 12.0. The lowest BCUT2D eigenvalue weighted by Gasteiger charge is -2.06. The number of esters is 1. The number of rotatable bonds is 3. The van der Waals surface area contributed by atoms with Crippen LogP contribution in [0.25, 0.3) is 5.65 Å². The van der Waals surface area contributed by atoms with Crippen molar-refractivity contribution in [2.45, 2.75) is 13.5 Å². The molecule has 6 nitrogen and oxygen atoms in total. The van der Waals surface area contributed by atoms with Crippen molar-refractivity contribution in [1.82, 2.24) is 14.4 Å². The van der Waals surface area contributed by atoms with Gasteiger partial charge in [0.05, 0.1) is 11.2 Å². The number of carbonyl (C=O) groups is 1. The summed E-state index contributed by atoms with van der Waals surface area (Å²) in [7, 11) is 0. The van der Waals surface area contributed by atoms with Crippen LogP contribution >= 0.6 is 22.9 Å². The summed E-state index contributed by atoms with van der Waals surface area (Å²) in [5, 5.41) is 0.109. The van der Waals surface area contributed by atoms with Gasteiger partial charge in [0, 0.05) is 12.3 Å². The van der Waals surface area contributed by atoms with Crippen molar-refractivity contribution >= 4 is 34.6 Å². The molecule has 0 fully saturated rings. The zero-order valence-electron chi connectivity index (χ0n) is 11.4. The Hall–Kier alpha value is -2.25. The second-order valence-electron chi connectivity index (χ2n) is 4.52. The second kappa shape index (κ2) is 5.86. The molecule has 3 heterocycles. The number of fused-ring (bicyclic) bond motifs is 1. The molecule has 0 saturated carbocycles. The largest absolute Gasteiger partial charge is 0.455 e. The van der Waals surface area contributed by atoms with Crippen LogP contribution in [0, 0.1) is 6.92 Å². The highest BCUT2D eigenvalue weighted by atomic mass is 35.5. The molecule has 0 spiro atoms. The first-order valence-electron chi connectivity index (χ1n) is 6.30. The molecule has 0 saturated heterocycles. The fraction of sp³-hybridized carbons (Fsp3) is 0.143. The van der Waals surface area contributed by atoms with Crippen LogP contribution in [0.15, 0.2) is 34.7 Å². The molecule has 0 bridgehead atoms. The van der Waals surface area contributed by atoms with Gasteiger partial charge in [-0.3, -0.25) is 9.20 Å². The molecule has 0 aliphatic carbocycles. The van der Waals surface area contributed by atoms with Gasteiger partial charge in [0.15, 0.2) is 10.0 Å². The summed E-state index contributed by atoms with van der Waals surface area (Å²) in [5.74, 6) is -0.584. The van der Waals surface area contributed by atoms with Crippen LogP contribution in [0.4, 0.5) is 0 Å². The van der Waals surface area contributed by atoms with Crippen molar-refractivity contribution in [3.8, 4) is 0 Å². The average Bonchev–Trinajstić information content (AvgIpc) is 2.92. The van der Waals surface area contributed by atoms with E-state index in [9.17, 15) is 9.59 Å². The van der Waals surface area contributed by atoms with Crippen LogP contribution < -0.4 is 5.56 Å². The fourth-order valence-corrected chi connectivity index (χ4v) is 2.84. The van der Waals surface area contributed by atoms with Gasteiger partial charge in [-0.1, -0.05) is 17.7 Å². The van der Waals surface area contributed by atoms with Gasteiger partial charge in [0.2, 0.25) is 0 Å². The van der Waals surface area contributed by atoms with Crippen LogP contribution in [0.2, 0.25) is 5.15 Å². The summed E-state index contributed by atoms with van der Waals surface area (Å²) >= 11 is 6.87. The molecule has 22 heavy (non-hydrogen) atoms. The third kappa shape index (κ3) is 2.72. The molecule has 0 N–H and O–H groups in total. The van der Waals surface area contributed by atoms with E-state index in [1.165, 1.54) is 16.0 Å². The summed E-state index contributed by atoms with van der Waals surface area (Å²) in [6.45, 7) is 1.75. The van der Waals surface area contributed by atoms with Crippen LogP contribution in [-0.4, -0.2) is 20.3 Å². The Labute approximate surface area is 134 Å². The van der Waals surface area contributed by atoms with Crippen molar-refractivity contribution in [2.24, 2.45) is 0 Å². The number of aromatic nitrogens is 3. The summed E-state index contributed by atoms with van der Waals surface area (Å²) in [6.07, 6.45) is 1.64. The molecule has 0 aliphatic rings. The Bertz CT molecular complexity index is 919. The number of pyridine rings is 1. The molecule has 0 atom stereocenters. The fourth-order valence-electron chi connectivity index (χ4n) is 1.95. The van der Waals surface area contributed by atoms with Crippen molar-refractivity contribution in [3.05, 3.63) is 61.5 Å². The van der Waals surface area contributed by atoms with Crippen LogP contribution in [0.3, 0.4) is 0 Å². The number of nitrogens with zero attached hydrogens (tertiary/aromatic N) is 3. The van der Waals surface area contributed by atoms with E-state index in [4.69, 9.17) is 16.3 Å². The summed E-state index contributed by atoms with van der Waals surface area (Å²) in [4.78, 5) is 32.3. The molecule has 112 valence electrons. The lowest BCUT2D eigenvalue weighted by Crippen LogP contribution is -2.17. The highest BCUT2D eigenvalue weighted by Gasteiger charge is 2.15. The molecule has 3 aromatic heterocycles. The van der Waals surface area contributed by atoms with E-state index < -0.39 is 5.97 Å². The summed E-state index contributed by atoms with van der Waals surface area (Å²) < 4.78 is 6.58. The number of thiazole rings is 1. The third-order valence-electron chi connectivity index (χ3n) is 3.00. The van der Waals surface area contributed by atoms with E-state index in [2.05, 4.69) is 9.97 Å². The molecular formula is C14H10ClN3O3S. The van der Waals surface area contributed by atoms with E-state index in [0.717, 1.165) is 16.9 Å². The summed E-state index contributed by atoms with van der Waals surface area (Å²) in [6, 6.07) is 4.97. The minimum absolute atomic E-state index is 0.104. The first kappa shape index (κ1) is 14.7. The number of aryl methyl sites for hydroxylation is 1. The quantitative estimate of drug-likeness (QED) is 0.687. The SMILES string of the molecule is Cc1cccn2c(=O)cc(COC(=O)c3scnc3Cl)nc12. The number of ether oxygens (including phenoxy) is 1. The van der Waals surface area contributed by atoms with E-state index in [1.54, 1.807) is 12.3 Å². The van der Waals surface area contributed by atoms with Crippen molar-refractivity contribution < 1.29 is 9.53 Å². The van der Waals surface area contributed by atoms with Gasteiger partial charge in [-0.25, -0.2) is 14.8 Å². The maximum Gasteiger partial charge on any atom is 0.351 e. The number of halogens is 1. The van der Waals surface area contributed by atoms with Crippen molar-refractivity contribution in [2.75, 3.05) is 0 Å². The van der Waals surface area contributed by atoms with Gasteiger partial charge in [-0.05, 0) is 18.6 Å². The molecule has 0 aliphatic heterocycles. The first-order valence-corrected chi connectivity index (χ1v) is 7.56. The van der Waals surface area contributed by atoms with Gasteiger partial charge in [0.25, 0.3) is 5.56 Å². The molecule has 0 amide bonds. The predicted molar refractivity (Wildman–Crippen MR) is 82.4 cm³/mol. The molecule has 0 radical (unpaired) electrons. The zero-order chi connectivity index (χ0) is 15.7. The number of hydrogen-bond acceptors (Lipinski definition) is 6. The maximum absolute atomic E-state index is 12.0. The monoisotopic (exact) mass is 335 g/mol. The minimum Gasteiger partial charge on any atom is -0.455 e. The Kier molecular flexibility index (Phi) is 3.91. The van der Waals surface area contributed by atoms with Gasteiger partial charge >= 0.3 is 5.97 Å². The van der Waals surface area contributed by atoms with Gasteiger partial charge in [0.1, 0.15) is 12.3 Å². The van der Waals surface area contributed by atoms with Crippen molar-refractivity contribution in [1.29, 1.82) is 0 Å². The van der Waals surface area contributed by atoms with E-state index in [1.807, 2.05) is 13.0 Å². The Balaban J connectivity index is 1.86. The third-order valence-corrected chi connectivity index (χ3v) is 4.20. The van der Waals surface area contributed by atoms with E-state index in [0.29, 0.717) is 11.3 Å². The minimum atomic E-state index is -0.584. The number of carbonyl (C=O) groups excluding carboxylic acids is 1. The molecule has 3 aromatic rings. The van der Waals surface area contributed by atoms with Crippen LogP contribution in [0.5, 0.6) is 0 Å². The van der Waals surface area contributed by atoms with Gasteiger partial charge in [-0.15, -0.1) is 11.3 Å².